The van der Waals surface area contributed by atoms with Gasteiger partial charge in [-0.1, -0.05) is 0 Å². The van der Waals surface area contributed by atoms with Crippen molar-refractivity contribution in [3.63, 3.8) is 0 Å². The first-order valence-electron chi connectivity index (χ1n) is 5.13. The third-order valence-electron chi connectivity index (χ3n) is 2.47. The molecule has 0 amide bonds. The number of nitriles is 1. The maximum Gasteiger partial charge on any atom is 0.194 e. The monoisotopic (exact) mass is 264 g/mol. The Kier molecular flexibility index (Phi) is 3.09. The van der Waals surface area contributed by atoms with Crippen LogP contribution in [0.3, 0.4) is 0 Å². The molecule has 0 spiro atoms. The first-order chi connectivity index (χ1) is 8.93. The minimum atomic E-state index is -1.57. The molecule has 96 valence electrons. The van der Waals surface area contributed by atoms with Crippen LogP contribution in [0.5, 0.6) is 0 Å². The molecule has 1 heterocycles. The quantitative estimate of drug-likeness (QED) is 0.802. The first kappa shape index (κ1) is 12.8. The van der Waals surface area contributed by atoms with Crippen molar-refractivity contribution in [1.82, 2.24) is 9.97 Å². The number of anilines is 1. The van der Waals surface area contributed by atoms with Gasteiger partial charge in [-0.25, -0.2) is 23.1 Å². The lowest BCUT2D eigenvalue weighted by Crippen LogP contribution is -2.03. The van der Waals surface area contributed by atoms with Crippen molar-refractivity contribution in [3.8, 4) is 17.5 Å². The van der Waals surface area contributed by atoms with Gasteiger partial charge in [0.2, 0.25) is 0 Å². The molecule has 1 aromatic heterocycles. The van der Waals surface area contributed by atoms with Gasteiger partial charge >= 0.3 is 0 Å². The molecule has 2 rings (SSSR count). The van der Waals surface area contributed by atoms with E-state index >= 15 is 0 Å². The van der Waals surface area contributed by atoms with Crippen molar-refractivity contribution in [2.45, 2.75) is 6.92 Å². The normalized spacial score (nSPS) is 10.3. The van der Waals surface area contributed by atoms with Gasteiger partial charge in [0, 0.05) is 5.56 Å². The Morgan fingerprint density at radius 1 is 1.16 bits per heavy atom. The Bertz CT molecular complexity index is 661. The van der Waals surface area contributed by atoms with E-state index in [1.54, 1.807) is 0 Å². The van der Waals surface area contributed by atoms with E-state index < -0.39 is 17.5 Å². The molecule has 19 heavy (non-hydrogen) atoms. The van der Waals surface area contributed by atoms with Gasteiger partial charge in [-0.15, -0.1) is 0 Å². The van der Waals surface area contributed by atoms with Crippen molar-refractivity contribution in [1.29, 1.82) is 5.26 Å². The summed E-state index contributed by atoms with van der Waals surface area (Å²) in [5.41, 5.74) is 5.84. The summed E-state index contributed by atoms with van der Waals surface area (Å²) in [5, 5.41) is 8.81. The fourth-order valence-electron chi connectivity index (χ4n) is 1.55. The summed E-state index contributed by atoms with van der Waals surface area (Å²) in [4.78, 5) is 7.69. The van der Waals surface area contributed by atoms with Crippen LogP contribution in [0.25, 0.3) is 11.4 Å². The van der Waals surface area contributed by atoms with Crippen LogP contribution in [0, 0.1) is 35.7 Å². The summed E-state index contributed by atoms with van der Waals surface area (Å²) >= 11 is 0. The van der Waals surface area contributed by atoms with Gasteiger partial charge in [0.05, 0.1) is 5.69 Å². The molecule has 0 bridgehead atoms. The van der Waals surface area contributed by atoms with Crippen molar-refractivity contribution in [3.05, 3.63) is 40.8 Å². The predicted molar refractivity (Wildman–Crippen MR) is 61.2 cm³/mol. The number of nitrogens with two attached hydrogens (primary N) is 1. The number of nitrogen functional groups attached to an aromatic ring is 1. The van der Waals surface area contributed by atoms with E-state index in [4.69, 9.17) is 11.0 Å². The fraction of sp³-hybridized carbons (Fsp3) is 0.0833. The number of rotatable bonds is 1. The lowest BCUT2D eigenvalue weighted by Gasteiger charge is -2.06. The third kappa shape index (κ3) is 2.20. The summed E-state index contributed by atoms with van der Waals surface area (Å²) in [5.74, 6) is -4.44. The Balaban J connectivity index is 2.64. The average Bonchev–Trinajstić information content (AvgIpc) is 2.35. The largest absolute Gasteiger partial charge is 0.382 e. The molecule has 0 unspecified atom stereocenters. The maximum atomic E-state index is 13.1. The summed E-state index contributed by atoms with van der Waals surface area (Å²) in [6.45, 7) is 1.51. The average molecular weight is 264 g/mol. The number of hydrogen-bond donors (Lipinski definition) is 1. The molecule has 0 aliphatic carbocycles. The van der Waals surface area contributed by atoms with E-state index in [0.29, 0.717) is 0 Å². The number of halogens is 3. The molecule has 0 aliphatic heterocycles. The van der Waals surface area contributed by atoms with E-state index in [-0.39, 0.29) is 28.5 Å². The number of benzene rings is 1. The molecule has 0 fully saturated rings. The van der Waals surface area contributed by atoms with Gasteiger partial charge < -0.3 is 5.73 Å². The van der Waals surface area contributed by atoms with E-state index in [1.165, 1.54) is 6.92 Å². The standard InChI is InChI=1S/C12H7F3N4/c1-5-7(4-16)11(17)19-12(18-5)6-2-8(13)10(15)9(14)3-6/h2-3H,1H3,(H2,17,18,19). The van der Waals surface area contributed by atoms with Gasteiger partial charge in [-0.05, 0) is 19.1 Å². The minimum absolute atomic E-state index is 0.0595. The molecule has 0 atom stereocenters. The van der Waals surface area contributed by atoms with Crippen molar-refractivity contribution in [2.24, 2.45) is 0 Å². The second kappa shape index (κ2) is 4.57. The predicted octanol–water partition coefficient (Wildman–Crippen LogP) is 2.32. The number of nitrogens with zero attached hydrogens (tertiary/aromatic N) is 3. The topological polar surface area (TPSA) is 75.6 Å². The Hall–Kier alpha value is -2.62. The molecule has 0 radical (unpaired) electrons. The van der Waals surface area contributed by atoms with Gasteiger partial charge in [-0.3, -0.25) is 0 Å². The highest BCUT2D eigenvalue weighted by Crippen LogP contribution is 2.23. The van der Waals surface area contributed by atoms with Crippen LogP contribution < -0.4 is 5.73 Å². The lowest BCUT2D eigenvalue weighted by molar-refractivity contribution is 0.447. The number of aromatic nitrogens is 2. The van der Waals surface area contributed by atoms with Crippen LogP contribution in [0.2, 0.25) is 0 Å². The van der Waals surface area contributed by atoms with E-state index in [1.807, 2.05) is 6.07 Å². The highest BCUT2D eigenvalue weighted by molar-refractivity contribution is 5.61. The van der Waals surface area contributed by atoms with Crippen molar-refractivity contribution >= 4 is 5.82 Å². The van der Waals surface area contributed by atoms with Gasteiger partial charge in [-0.2, -0.15) is 5.26 Å². The SMILES string of the molecule is Cc1nc(-c2cc(F)c(F)c(F)c2)nc(N)c1C#N. The second-order valence-electron chi connectivity index (χ2n) is 3.76. The molecular formula is C12H7F3N4. The highest BCUT2D eigenvalue weighted by atomic mass is 19.2. The molecule has 0 saturated carbocycles. The van der Waals surface area contributed by atoms with Gasteiger partial charge in [0.25, 0.3) is 0 Å². The number of hydrogen-bond acceptors (Lipinski definition) is 4. The molecular weight excluding hydrogens is 257 g/mol. The zero-order valence-corrected chi connectivity index (χ0v) is 9.71. The molecule has 7 heteroatoms. The smallest absolute Gasteiger partial charge is 0.194 e. The maximum absolute atomic E-state index is 13.1. The highest BCUT2D eigenvalue weighted by Gasteiger charge is 2.15. The minimum Gasteiger partial charge on any atom is -0.382 e. The Labute approximate surface area is 106 Å². The molecule has 0 saturated heterocycles. The summed E-state index contributed by atoms with van der Waals surface area (Å²) in [6.07, 6.45) is 0. The third-order valence-corrected chi connectivity index (χ3v) is 2.47. The first-order valence-corrected chi connectivity index (χ1v) is 5.13. The Morgan fingerprint density at radius 3 is 2.21 bits per heavy atom. The van der Waals surface area contributed by atoms with Gasteiger partial charge in [0.1, 0.15) is 17.5 Å². The zero-order chi connectivity index (χ0) is 14.2. The second-order valence-corrected chi connectivity index (χ2v) is 3.76. The number of aryl methyl sites for hydroxylation is 1. The van der Waals surface area contributed by atoms with Crippen LogP contribution in [-0.2, 0) is 0 Å². The summed E-state index contributed by atoms with van der Waals surface area (Å²) < 4.78 is 39.1. The van der Waals surface area contributed by atoms with Crippen LogP contribution in [-0.4, -0.2) is 9.97 Å². The molecule has 2 aromatic rings. The summed E-state index contributed by atoms with van der Waals surface area (Å²) in [6, 6.07) is 3.34. The summed E-state index contributed by atoms with van der Waals surface area (Å²) in [7, 11) is 0. The molecule has 1 aromatic carbocycles. The van der Waals surface area contributed by atoms with Crippen LogP contribution in [0.15, 0.2) is 12.1 Å². The lowest BCUT2D eigenvalue weighted by atomic mass is 10.1. The zero-order valence-electron chi connectivity index (χ0n) is 9.71. The van der Waals surface area contributed by atoms with Crippen LogP contribution in [0.4, 0.5) is 19.0 Å². The van der Waals surface area contributed by atoms with Crippen LogP contribution in [0.1, 0.15) is 11.3 Å². The van der Waals surface area contributed by atoms with Crippen LogP contribution >= 0.6 is 0 Å². The molecule has 0 aliphatic rings. The fourth-order valence-corrected chi connectivity index (χ4v) is 1.55. The van der Waals surface area contributed by atoms with Gasteiger partial charge in [0.15, 0.2) is 23.3 Å². The van der Waals surface area contributed by atoms with E-state index in [9.17, 15) is 13.2 Å². The van der Waals surface area contributed by atoms with Crippen molar-refractivity contribution in [2.75, 3.05) is 5.73 Å². The Morgan fingerprint density at radius 2 is 1.74 bits per heavy atom. The molecule has 4 nitrogen and oxygen atoms in total. The van der Waals surface area contributed by atoms with E-state index in [0.717, 1.165) is 12.1 Å². The van der Waals surface area contributed by atoms with E-state index in [2.05, 4.69) is 9.97 Å². The van der Waals surface area contributed by atoms with Crippen molar-refractivity contribution < 1.29 is 13.2 Å². The molecule has 2 N–H and O–H groups in total.